The summed E-state index contributed by atoms with van der Waals surface area (Å²) < 4.78 is 0.324. The maximum absolute atomic E-state index is 6.07. The van der Waals surface area contributed by atoms with Crippen LogP contribution in [0.1, 0.15) is 45.2 Å². The molecule has 1 aromatic rings. The van der Waals surface area contributed by atoms with Crippen LogP contribution in [0.4, 0.5) is 0 Å². The molecule has 0 aliphatic heterocycles. The van der Waals surface area contributed by atoms with Crippen molar-refractivity contribution in [2.24, 2.45) is 0 Å². The van der Waals surface area contributed by atoms with Crippen molar-refractivity contribution < 1.29 is 0 Å². The second-order valence-electron chi connectivity index (χ2n) is 4.87. The van der Waals surface area contributed by atoms with Gasteiger partial charge in [-0.15, -0.1) is 0 Å². The first-order valence-corrected chi connectivity index (χ1v) is 8.69. The number of benzene rings is 1. The van der Waals surface area contributed by atoms with E-state index >= 15 is 0 Å². The van der Waals surface area contributed by atoms with E-state index < -0.39 is 0 Å². The molecule has 0 radical (unpaired) electrons. The molecule has 0 amide bonds. The molecule has 0 saturated carbocycles. The second-order valence-corrected chi connectivity index (χ2v) is 6.96. The lowest BCUT2D eigenvalue weighted by molar-refractivity contribution is 0.460. The van der Waals surface area contributed by atoms with Gasteiger partial charge in [-0.3, -0.25) is 0 Å². The molecule has 1 aromatic carbocycles. The topological polar surface area (TPSA) is 12.0 Å². The number of hydrogen-bond donors (Lipinski definition) is 1. The Labute approximate surface area is 131 Å². The Bertz CT molecular complexity index is 397. The van der Waals surface area contributed by atoms with Gasteiger partial charge in [-0.25, -0.2) is 0 Å². The van der Waals surface area contributed by atoms with Crippen LogP contribution in [0.25, 0.3) is 0 Å². The normalized spacial score (nSPS) is 13.6. The van der Waals surface area contributed by atoms with Crippen LogP contribution in [0, 0.1) is 0 Å². The van der Waals surface area contributed by atoms with E-state index in [9.17, 15) is 0 Å². The first-order valence-electron chi connectivity index (χ1n) is 6.71. The van der Waals surface area contributed by atoms with Gasteiger partial charge in [0.1, 0.15) is 0 Å². The number of nitrogens with one attached hydrogen (secondary N) is 1. The molecule has 0 heterocycles. The molecule has 0 fully saturated rings. The fourth-order valence-electron chi connectivity index (χ4n) is 2.10. The second kappa shape index (κ2) is 7.78. The third kappa shape index (κ3) is 4.56. The van der Waals surface area contributed by atoms with Crippen LogP contribution in [-0.4, -0.2) is 17.5 Å². The van der Waals surface area contributed by atoms with E-state index in [0.29, 0.717) is 14.8 Å². The van der Waals surface area contributed by atoms with Crippen molar-refractivity contribution >= 4 is 35.0 Å². The molecule has 0 aliphatic carbocycles. The Balaban J connectivity index is 2.69. The first kappa shape index (κ1) is 17.2. The van der Waals surface area contributed by atoms with Gasteiger partial charge in [0.2, 0.25) is 0 Å². The van der Waals surface area contributed by atoms with Crippen molar-refractivity contribution in [2.45, 2.75) is 44.4 Å². The monoisotopic (exact) mass is 319 g/mol. The summed E-state index contributed by atoms with van der Waals surface area (Å²) in [6, 6.07) is 6.11. The van der Waals surface area contributed by atoms with Gasteiger partial charge in [-0.1, -0.05) is 43.1 Å². The third-order valence-electron chi connectivity index (χ3n) is 3.90. The van der Waals surface area contributed by atoms with Crippen LogP contribution in [0.15, 0.2) is 18.2 Å². The molecule has 1 atom stereocenters. The van der Waals surface area contributed by atoms with Gasteiger partial charge in [0.15, 0.2) is 0 Å². The molecule has 4 heteroatoms. The summed E-state index contributed by atoms with van der Waals surface area (Å²) in [5.74, 6) is 0. The van der Waals surface area contributed by atoms with Crippen molar-refractivity contribution in [2.75, 3.05) is 12.8 Å². The summed E-state index contributed by atoms with van der Waals surface area (Å²) in [6.07, 6.45) is 4.54. The van der Waals surface area contributed by atoms with Crippen molar-refractivity contribution in [3.63, 3.8) is 0 Å². The lowest BCUT2D eigenvalue weighted by atomic mass is 10.0. The summed E-state index contributed by atoms with van der Waals surface area (Å²) >= 11 is 14.0. The van der Waals surface area contributed by atoms with Crippen LogP contribution >= 0.6 is 35.0 Å². The van der Waals surface area contributed by atoms with E-state index in [-0.39, 0.29) is 6.04 Å². The molecule has 0 spiro atoms. The molecule has 1 N–H and O–H groups in total. The Morgan fingerprint density at radius 1 is 1.21 bits per heavy atom. The Kier molecular flexibility index (Phi) is 7.02. The number of hydrogen-bond acceptors (Lipinski definition) is 2. The Morgan fingerprint density at radius 2 is 1.84 bits per heavy atom. The SMILES string of the molecule is CCC(CC)(CNC(C)c1ccc(Cl)c(Cl)c1)SC. The summed E-state index contributed by atoms with van der Waals surface area (Å²) in [5, 5.41) is 4.85. The fraction of sp³-hybridized carbons (Fsp3) is 0.600. The summed E-state index contributed by atoms with van der Waals surface area (Å²) in [6.45, 7) is 7.68. The lowest BCUT2D eigenvalue weighted by Crippen LogP contribution is -2.37. The van der Waals surface area contributed by atoms with Gasteiger partial charge >= 0.3 is 0 Å². The maximum atomic E-state index is 6.07. The van der Waals surface area contributed by atoms with Crippen LogP contribution < -0.4 is 5.32 Å². The van der Waals surface area contributed by atoms with E-state index in [1.807, 2.05) is 30.0 Å². The molecule has 108 valence electrons. The van der Waals surface area contributed by atoms with Crippen molar-refractivity contribution in [1.29, 1.82) is 0 Å². The smallest absolute Gasteiger partial charge is 0.0595 e. The molecule has 19 heavy (non-hydrogen) atoms. The Hall–Kier alpha value is 0.110. The van der Waals surface area contributed by atoms with Gasteiger partial charge in [-0.2, -0.15) is 11.8 Å². The number of halogens is 2. The molecule has 1 nitrogen and oxygen atoms in total. The summed E-state index contributed by atoms with van der Waals surface area (Å²) in [4.78, 5) is 0. The van der Waals surface area contributed by atoms with E-state index in [4.69, 9.17) is 23.2 Å². The van der Waals surface area contributed by atoms with Crippen LogP contribution in [-0.2, 0) is 0 Å². The fourth-order valence-corrected chi connectivity index (χ4v) is 3.21. The highest BCUT2D eigenvalue weighted by Gasteiger charge is 2.25. The minimum atomic E-state index is 0.277. The van der Waals surface area contributed by atoms with Gasteiger partial charge in [0, 0.05) is 17.3 Å². The van der Waals surface area contributed by atoms with Gasteiger partial charge in [0.05, 0.1) is 10.0 Å². The maximum Gasteiger partial charge on any atom is 0.0595 e. The molecule has 0 aromatic heterocycles. The first-order chi connectivity index (χ1) is 8.98. The molecule has 0 bridgehead atoms. The highest BCUT2D eigenvalue weighted by atomic mass is 35.5. The number of thioether (sulfide) groups is 1. The minimum absolute atomic E-state index is 0.277. The van der Waals surface area contributed by atoms with Gasteiger partial charge in [-0.05, 0) is 43.7 Å². The lowest BCUT2D eigenvalue weighted by Gasteiger charge is -2.31. The van der Waals surface area contributed by atoms with Gasteiger partial charge in [0.25, 0.3) is 0 Å². The highest BCUT2D eigenvalue weighted by molar-refractivity contribution is 8.00. The van der Waals surface area contributed by atoms with Crippen molar-refractivity contribution in [1.82, 2.24) is 5.32 Å². The van der Waals surface area contributed by atoms with Crippen molar-refractivity contribution in [3.8, 4) is 0 Å². The van der Waals surface area contributed by atoms with Crippen LogP contribution in [0.2, 0.25) is 10.0 Å². The molecule has 0 aliphatic rings. The quantitative estimate of drug-likeness (QED) is 0.705. The van der Waals surface area contributed by atoms with Gasteiger partial charge < -0.3 is 5.32 Å². The zero-order chi connectivity index (χ0) is 14.5. The highest BCUT2D eigenvalue weighted by Crippen LogP contribution is 2.31. The largest absolute Gasteiger partial charge is 0.309 e. The molecular formula is C15H23Cl2NS. The Morgan fingerprint density at radius 3 is 2.32 bits per heavy atom. The average molecular weight is 320 g/mol. The predicted molar refractivity (Wildman–Crippen MR) is 89.7 cm³/mol. The minimum Gasteiger partial charge on any atom is -0.309 e. The van der Waals surface area contributed by atoms with E-state index in [1.54, 1.807) is 0 Å². The zero-order valence-electron chi connectivity index (χ0n) is 12.1. The summed E-state index contributed by atoms with van der Waals surface area (Å²) in [7, 11) is 0. The predicted octanol–water partition coefficient (Wildman–Crippen LogP) is 5.57. The average Bonchev–Trinajstić information content (AvgIpc) is 2.43. The van der Waals surface area contributed by atoms with E-state index in [2.05, 4.69) is 32.3 Å². The zero-order valence-corrected chi connectivity index (χ0v) is 14.4. The van der Waals surface area contributed by atoms with Crippen LogP contribution in [0.5, 0.6) is 0 Å². The molecule has 1 unspecified atom stereocenters. The van der Waals surface area contributed by atoms with E-state index in [1.165, 1.54) is 18.4 Å². The third-order valence-corrected chi connectivity index (χ3v) is 6.22. The van der Waals surface area contributed by atoms with Crippen molar-refractivity contribution in [3.05, 3.63) is 33.8 Å². The molecular weight excluding hydrogens is 297 g/mol. The molecule has 0 saturated heterocycles. The summed E-state index contributed by atoms with van der Waals surface area (Å²) in [5.41, 5.74) is 1.18. The molecule has 1 rings (SSSR count). The van der Waals surface area contributed by atoms with Crippen LogP contribution in [0.3, 0.4) is 0 Å². The number of rotatable bonds is 7. The van der Waals surface area contributed by atoms with E-state index in [0.717, 1.165) is 6.54 Å². The standard InChI is InChI=1S/C15H23Cl2NS/c1-5-15(6-2,19-4)10-18-11(3)12-7-8-13(16)14(17)9-12/h7-9,11,18H,5-6,10H2,1-4H3.